The molecule has 3 amide bonds. The van der Waals surface area contributed by atoms with E-state index in [1.807, 2.05) is 6.26 Å². The topological polar surface area (TPSA) is 131 Å². The van der Waals surface area contributed by atoms with Crippen molar-refractivity contribution in [2.45, 2.75) is 44.9 Å². The molecule has 9 heteroatoms. The average Bonchev–Trinajstić information content (AvgIpc) is 2.37. The van der Waals surface area contributed by atoms with Crippen molar-refractivity contribution < 1.29 is 24.2 Å². The van der Waals surface area contributed by atoms with Crippen LogP contribution in [0.4, 0.5) is 4.79 Å². The monoisotopic (exact) mass is 335 g/mol. The first-order valence-electron chi connectivity index (χ1n) is 6.79. The van der Waals surface area contributed by atoms with Crippen LogP contribution in [0.2, 0.25) is 0 Å². The molecule has 0 aliphatic carbocycles. The van der Waals surface area contributed by atoms with Crippen LogP contribution in [-0.4, -0.2) is 59.3 Å². The maximum atomic E-state index is 12.1. The summed E-state index contributed by atoms with van der Waals surface area (Å²) in [6.07, 6.45) is 1.49. The maximum absolute atomic E-state index is 12.1. The van der Waals surface area contributed by atoms with Gasteiger partial charge in [0, 0.05) is 0 Å². The number of nitrogens with one attached hydrogen (secondary N) is 2. The molecule has 0 radical (unpaired) electrons. The fraction of sp³-hybridized carbons (Fsp3) is 0.769. The van der Waals surface area contributed by atoms with Gasteiger partial charge in [0.25, 0.3) is 0 Å². The molecule has 0 aromatic carbocycles. The molecule has 5 N–H and O–H groups in total. The van der Waals surface area contributed by atoms with Crippen molar-refractivity contribution >= 4 is 29.7 Å². The first kappa shape index (κ1) is 20.5. The standard InChI is InChI=1S/C13H25N3O5S/c1-13(2,3)21-12(20)16-8(5-6-22-4)11(19)15-9(7-17)10(14)18/h8-9,17H,5-7H2,1-4H3,(H2,14,18)(H,15,19)(H,16,20)/t8-,9-/m0/s1. The van der Waals surface area contributed by atoms with Gasteiger partial charge in [0.15, 0.2) is 0 Å². The third-order valence-corrected chi connectivity index (χ3v) is 3.10. The van der Waals surface area contributed by atoms with Crippen LogP contribution in [0, 0.1) is 0 Å². The Morgan fingerprint density at radius 1 is 1.23 bits per heavy atom. The molecule has 0 bridgehead atoms. The number of aliphatic hydroxyl groups excluding tert-OH is 1. The van der Waals surface area contributed by atoms with Gasteiger partial charge in [-0.2, -0.15) is 11.8 Å². The van der Waals surface area contributed by atoms with E-state index in [1.54, 1.807) is 20.8 Å². The predicted molar refractivity (Wildman–Crippen MR) is 84.4 cm³/mol. The zero-order valence-electron chi connectivity index (χ0n) is 13.3. The fourth-order valence-corrected chi connectivity index (χ4v) is 1.90. The van der Waals surface area contributed by atoms with Crippen molar-refractivity contribution in [3.63, 3.8) is 0 Å². The Morgan fingerprint density at radius 3 is 2.23 bits per heavy atom. The van der Waals surface area contributed by atoms with Gasteiger partial charge >= 0.3 is 6.09 Å². The summed E-state index contributed by atoms with van der Waals surface area (Å²) in [4.78, 5) is 34.9. The summed E-state index contributed by atoms with van der Waals surface area (Å²) >= 11 is 1.51. The minimum atomic E-state index is -1.19. The number of carbonyl (C=O) groups is 3. The van der Waals surface area contributed by atoms with Crippen molar-refractivity contribution in [1.82, 2.24) is 10.6 Å². The molecule has 0 saturated carbocycles. The van der Waals surface area contributed by atoms with E-state index in [1.165, 1.54) is 11.8 Å². The Morgan fingerprint density at radius 2 is 1.82 bits per heavy atom. The van der Waals surface area contributed by atoms with Crippen molar-refractivity contribution in [2.75, 3.05) is 18.6 Å². The van der Waals surface area contributed by atoms with Crippen LogP contribution in [0.3, 0.4) is 0 Å². The number of nitrogens with two attached hydrogens (primary N) is 1. The van der Waals surface area contributed by atoms with Crippen molar-refractivity contribution in [3.05, 3.63) is 0 Å². The van der Waals surface area contributed by atoms with Gasteiger partial charge in [-0.15, -0.1) is 0 Å². The zero-order valence-corrected chi connectivity index (χ0v) is 14.2. The number of primary amides is 1. The second-order valence-electron chi connectivity index (χ2n) is 5.63. The summed E-state index contributed by atoms with van der Waals surface area (Å²) in [5.41, 5.74) is 4.36. The number of ether oxygens (including phenoxy) is 1. The first-order valence-corrected chi connectivity index (χ1v) is 8.19. The van der Waals surface area contributed by atoms with Gasteiger partial charge < -0.3 is 26.2 Å². The second kappa shape index (κ2) is 9.52. The number of hydrogen-bond acceptors (Lipinski definition) is 6. The molecule has 0 unspecified atom stereocenters. The molecule has 0 heterocycles. The van der Waals surface area contributed by atoms with Crippen LogP contribution in [0.15, 0.2) is 0 Å². The van der Waals surface area contributed by atoms with Crippen molar-refractivity contribution in [3.8, 4) is 0 Å². The number of amides is 3. The van der Waals surface area contributed by atoms with E-state index in [9.17, 15) is 14.4 Å². The molecular formula is C13H25N3O5S. The van der Waals surface area contributed by atoms with E-state index in [0.29, 0.717) is 12.2 Å². The van der Waals surface area contributed by atoms with Crippen LogP contribution in [0.1, 0.15) is 27.2 Å². The molecule has 8 nitrogen and oxygen atoms in total. The average molecular weight is 335 g/mol. The molecule has 2 atom stereocenters. The third-order valence-electron chi connectivity index (χ3n) is 2.46. The molecule has 0 fully saturated rings. The van der Waals surface area contributed by atoms with E-state index in [0.717, 1.165) is 0 Å². The summed E-state index contributed by atoms with van der Waals surface area (Å²) < 4.78 is 5.10. The number of thioether (sulfide) groups is 1. The smallest absolute Gasteiger partial charge is 0.408 e. The summed E-state index contributed by atoms with van der Waals surface area (Å²) in [5.74, 6) is -0.830. The molecule has 0 spiro atoms. The van der Waals surface area contributed by atoms with Gasteiger partial charge in [-0.25, -0.2) is 4.79 Å². The lowest BCUT2D eigenvalue weighted by Crippen LogP contribution is -2.54. The predicted octanol–water partition coefficient (Wildman–Crippen LogP) is -0.405. The van der Waals surface area contributed by atoms with Crippen LogP contribution in [0.25, 0.3) is 0 Å². The normalized spacial score (nSPS) is 13.9. The lowest BCUT2D eigenvalue weighted by molar-refractivity contribution is -0.129. The molecule has 0 aliphatic heterocycles. The van der Waals surface area contributed by atoms with Gasteiger partial charge in [0.1, 0.15) is 17.7 Å². The van der Waals surface area contributed by atoms with E-state index in [4.69, 9.17) is 15.6 Å². The highest BCUT2D eigenvalue weighted by atomic mass is 32.2. The Labute approximate surface area is 134 Å². The summed E-state index contributed by atoms with van der Waals surface area (Å²) in [6, 6.07) is -2.07. The minimum absolute atomic E-state index is 0.350. The first-order chi connectivity index (χ1) is 10.1. The van der Waals surface area contributed by atoms with Gasteiger partial charge in [0.05, 0.1) is 6.61 Å². The molecule has 0 aliphatic rings. The maximum Gasteiger partial charge on any atom is 0.408 e. The Bertz CT molecular complexity index is 398. The van der Waals surface area contributed by atoms with Gasteiger partial charge in [-0.1, -0.05) is 0 Å². The van der Waals surface area contributed by atoms with Gasteiger partial charge in [-0.3, -0.25) is 9.59 Å². The van der Waals surface area contributed by atoms with Crippen LogP contribution >= 0.6 is 11.8 Å². The van der Waals surface area contributed by atoms with Crippen LogP contribution in [0.5, 0.6) is 0 Å². The molecule has 0 aromatic heterocycles. The zero-order chi connectivity index (χ0) is 17.3. The van der Waals surface area contributed by atoms with E-state index in [-0.39, 0.29) is 0 Å². The highest BCUT2D eigenvalue weighted by Crippen LogP contribution is 2.08. The molecular weight excluding hydrogens is 310 g/mol. The highest BCUT2D eigenvalue weighted by Gasteiger charge is 2.26. The summed E-state index contributed by atoms with van der Waals surface area (Å²) in [5, 5.41) is 13.8. The van der Waals surface area contributed by atoms with Crippen molar-refractivity contribution in [2.24, 2.45) is 5.73 Å². The number of alkyl carbamates (subject to hydrolysis) is 1. The Kier molecular flexibility index (Phi) is 8.88. The lowest BCUT2D eigenvalue weighted by Gasteiger charge is -2.24. The van der Waals surface area contributed by atoms with Gasteiger partial charge in [-0.05, 0) is 39.2 Å². The molecule has 0 saturated heterocycles. The number of carbonyl (C=O) groups excluding carboxylic acids is 3. The van der Waals surface area contributed by atoms with Crippen LogP contribution < -0.4 is 16.4 Å². The van der Waals surface area contributed by atoms with Crippen molar-refractivity contribution in [1.29, 1.82) is 0 Å². The SMILES string of the molecule is CSCC[C@H](NC(=O)OC(C)(C)C)C(=O)N[C@@H](CO)C(N)=O. The van der Waals surface area contributed by atoms with Crippen LogP contribution in [-0.2, 0) is 14.3 Å². The lowest BCUT2D eigenvalue weighted by atomic mass is 10.2. The summed E-state index contributed by atoms with van der Waals surface area (Å²) in [7, 11) is 0. The molecule has 22 heavy (non-hydrogen) atoms. The minimum Gasteiger partial charge on any atom is -0.444 e. The fourth-order valence-electron chi connectivity index (χ4n) is 1.43. The summed E-state index contributed by atoms with van der Waals surface area (Å²) in [6.45, 7) is 4.51. The number of hydrogen-bond donors (Lipinski definition) is 4. The second-order valence-corrected chi connectivity index (χ2v) is 6.61. The van der Waals surface area contributed by atoms with E-state index < -0.39 is 42.2 Å². The van der Waals surface area contributed by atoms with E-state index >= 15 is 0 Å². The quantitative estimate of drug-likeness (QED) is 0.477. The largest absolute Gasteiger partial charge is 0.444 e. The molecule has 128 valence electrons. The third kappa shape index (κ3) is 8.73. The Hall–Kier alpha value is -1.48. The number of aliphatic hydroxyl groups is 1. The van der Waals surface area contributed by atoms with E-state index in [2.05, 4.69) is 10.6 Å². The molecule has 0 aromatic rings. The number of rotatable bonds is 8. The molecule has 0 rings (SSSR count). The highest BCUT2D eigenvalue weighted by molar-refractivity contribution is 7.98. The Balaban J connectivity index is 4.77. The van der Waals surface area contributed by atoms with Gasteiger partial charge in [0.2, 0.25) is 11.8 Å².